The molecule has 0 bridgehead atoms. The Kier molecular flexibility index (Phi) is 6.17. The van der Waals surface area contributed by atoms with Crippen LogP contribution in [0.4, 0.5) is 0 Å². The lowest BCUT2D eigenvalue weighted by Crippen LogP contribution is -2.47. The van der Waals surface area contributed by atoms with Gasteiger partial charge >= 0.3 is 0 Å². The number of benzene rings is 2. The molecule has 0 saturated carbocycles. The topological polar surface area (TPSA) is 49.4 Å². The van der Waals surface area contributed by atoms with E-state index in [1.165, 1.54) is 0 Å². The van der Waals surface area contributed by atoms with Crippen LogP contribution in [0, 0.1) is 0 Å². The molecule has 2 aromatic carbocycles. The Hall–Kier alpha value is -2.04. The smallest absolute Gasteiger partial charge is 0.255 e. The van der Waals surface area contributed by atoms with E-state index in [0.717, 1.165) is 18.4 Å². The second kappa shape index (κ2) is 8.56. The first kappa shape index (κ1) is 18.7. The number of carbonyl (C=O) groups is 2. The average molecular weight is 391 g/mol. The molecule has 1 heterocycles. The summed E-state index contributed by atoms with van der Waals surface area (Å²) in [4.78, 5) is 26.6. The third-order valence-electron chi connectivity index (χ3n) is 4.51. The number of hydrogen-bond acceptors (Lipinski definition) is 2. The lowest BCUT2D eigenvalue weighted by Gasteiger charge is -2.32. The summed E-state index contributed by atoms with van der Waals surface area (Å²) in [7, 11) is 0. The third kappa shape index (κ3) is 4.77. The van der Waals surface area contributed by atoms with Gasteiger partial charge in [-0.25, -0.2) is 0 Å². The fourth-order valence-electron chi connectivity index (χ4n) is 3.12. The first-order valence-electron chi connectivity index (χ1n) is 8.60. The van der Waals surface area contributed by atoms with Crippen LogP contribution in [0.3, 0.4) is 0 Å². The highest BCUT2D eigenvalue weighted by molar-refractivity contribution is 6.35. The summed E-state index contributed by atoms with van der Waals surface area (Å²) in [6.45, 7) is 1.16. The van der Waals surface area contributed by atoms with Crippen LogP contribution in [0.15, 0.2) is 48.5 Å². The third-order valence-corrected chi connectivity index (χ3v) is 5.08. The summed E-state index contributed by atoms with van der Waals surface area (Å²) in [5.41, 5.74) is 1.42. The van der Waals surface area contributed by atoms with Crippen molar-refractivity contribution in [3.05, 3.63) is 69.7 Å². The summed E-state index contributed by atoms with van der Waals surface area (Å²) < 4.78 is 0. The molecule has 0 unspecified atom stereocenters. The van der Waals surface area contributed by atoms with E-state index in [1.807, 2.05) is 30.3 Å². The zero-order chi connectivity index (χ0) is 18.5. The maximum Gasteiger partial charge on any atom is 0.255 e. The van der Waals surface area contributed by atoms with Gasteiger partial charge in [-0.3, -0.25) is 9.59 Å². The molecule has 3 rings (SSSR count). The number of carbonyl (C=O) groups excluding carboxylic acids is 2. The van der Waals surface area contributed by atoms with E-state index in [4.69, 9.17) is 23.2 Å². The molecule has 2 aromatic rings. The van der Waals surface area contributed by atoms with Gasteiger partial charge in [0.2, 0.25) is 5.91 Å². The molecule has 1 aliphatic rings. The largest absolute Gasteiger partial charge is 0.353 e. The van der Waals surface area contributed by atoms with Crippen molar-refractivity contribution < 1.29 is 9.59 Å². The fourth-order valence-corrected chi connectivity index (χ4v) is 3.49. The average Bonchev–Trinajstić information content (AvgIpc) is 2.64. The van der Waals surface area contributed by atoms with Crippen molar-refractivity contribution in [2.75, 3.05) is 13.1 Å². The lowest BCUT2D eigenvalue weighted by atomic mass is 10.0. The Morgan fingerprint density at radius 1 is 1.04 bits per heavy atom. The highest BCUT2D eigenvalue weighted by Crippen LogP contribution is 2.23. The highest BCUT2D eigenvalue weighted by Gasteiger charge is 2.25. The first-order chi connectivity index (χ1) is 12.5. The highest BCUT2D eigenvalue weighted by atomic mass is 35.5. The van der Waals surface area contributed by atoms with Gasteiger partial charge in [-0.05, 0) is 36.6 Å². The lowest BCUT2D eigenvalue weighted by molar-refractivity contribution is -0.121. The van der Waals surface area contributed by atoms with E-state index in [2.05, 4.69) is 5.32 Å². The molecule has 0 aliphatic carbocycles. The number of rotatable bonds is 4. The number of piperidine rings is 1. The van der Waals surface area contributed by atoms with Crippen molar-refractivity contribution in [3.8, 4) is 0 Å². The second-order valence-electron chi connectivity index (χ2n) is 6.42. The van der Waals surface area contributed by atoms with E-state index in [-0.39, 0.29) is 17.9 Å². The minimum atomic E-state index is -0.119. The minimum Gasteiger partial charge on any atom is -0.353 e. The Balaban J connectivity index is 1.51. The van der Waals surface area contributed by atoms with Crippen molar-refractivity contribution in [1.29, 1.82) is 0 Å². The molecule has 4 nitrogen and oxygen atoms in total. The molecule has 1 fully saturated rings. The van der Waals surface area contributed by atoms with Gasteiger partial charge in [0.1, 0.15) is 0 Å². The maximum atomic E-state index is 12.6. The maximum absolute atomic E-state index is 12.6. The Bertz CT molecular complexity index is 788. The summed E-state index contributed by atoms with van der Waals surface area (Å²) in [6.07, 6.45) is 1.83. The standard InChI is InChI=1S/C20H20Cl2N2O2/c21-15-6-7-18(22)17(13-15)20(26)24-10-8-16(9-11-24)23-19(25)12-14-4-2-1-3-5-14/h1-7,13,16H,8-12H2,(H,23,25). The van der Waals surface area contributed by atoms with Gasteiger partial charge in [-0.15, -0.1) is 0 Å². The van der Waals surface area contributed by atoms with Crippen LogP contribution < -0.4 is 5.32 Å². The molecular weight excluding hydrogens is 371 g/mol. The van der Waals surface area contributed by atoms with Gasteiger partial charge in [-0.2, -0.15) is 0 Å². The normalized spacial score (nSPS) is 14.9. The molecule has 2 amide bonds. The monoisotopic (exact) mass is 390 g/mol. The van der Waals surface area contributed by atoms with E-state index < -0.39 is 0 Å². The Morgan fingerprint density at radius 2 is 1.73 bits per heavy atom. The second-order valence-corrected chi connectivity index (χ2v) is 7.26. The van der Waals surface area contributed by atoms with Gasteiger partial charge in [0.15, 0.2) is 0 Å². The van der Waals surface area contributed by atoms with Crippen molar-refractivity contribution in [2.45, 2.75) is 25.3 Å². The Morgan fingerprint density at radius 3 is 2.42 bits per heavy atom. The van der Waals surface area contributed by atoms with Gasteiger partial charge in [0, 0.05) is 24.2 Å². The zero-order valence-corrected chi connectivity index (χ0v) is 15.8. The molecule has 0 spiro atoms. The molecule has 0 atom stereocenters. The number of hydrogen-bond donors (Lipinski definition) is 1. The van der Waals surface area contributed by atoms with Crippen LogP contribution in [-0.4, -0.2) is 35.8 Å². The van der Waals surface area contributed by atoms with Crippen LogP contribution in [0.1, 0.15) is 28.8 Å². The molecule has 1 N–H and O–H groups in total. The van der Waals surface area contributed by atoms with E-state index in [9.17, 15) is 9.59 Å². The molecule has 0 radical (unpaired) electrons. The summed E-state index contributed by atoms with van der Waals surface area (Å²) >= 11 is 12.1. The quantitative estimate of drug-likeness (QED) is 0.858. The SMILES string of the molecule is O=C(Cc1ccccc1)NC1CCN(C(=O)c2cc(Cl)ccc2Cl)CC1. The Labute approximate surface area is 163 Å². The molecule has 1 saturated heterocycles. The summed E-state index contributed by atoms with van der Waals surface area (Å²) in [5, 5.41) is 3.95. The number of nitrogens with one attached hydrogen (secondary N) is 1. The number of amides is 2. The predicted octanol–water partition coefficient (Wildman–Crippen LogP) is 3.96. The van der Waals surface area contributed by atoms with E-state index in [0.29, 0.717) is 35.1 Å². The fraction of sp³-hybridized carbons (Fsp3) is 0.300. The van der Waals surface area contributed by atoms with Crippen LogP contribution in [0.25, 0.3) is 0 Å². The minimum absolute atomic E-state index is 0.0128. The first-order valence-corrected chi connectivity index (χ1v) is 9.36. The molecule has 0 aromatic heterocycles. The van der Waals surface area contributed by atoms with Crippen LogP contribution in [0.2, 0.25) is 10.0 Å². The van der Waals surface area contributed by atoms with Gasteiger partial charge in [0.25, 0.3) is 5.91 Å². The number of halogens is 2. The van der Waals surface area contributed by atoms with Crippen molar-refractivity contribution >= 4 is 35.0 Å². The van der Waals surface area contributed by atoms with Gasteiger partial charge in [0.05, 0.1) is 17.0 Å². The van der Waals surface area contributed by atoms with Gasteiger partial charge in [-0.1, -0.05) is 53.5 Å². The van der Waals surface area contributed by atoms with E-state index >= 15 is 0 Å². The van der Waals surface area contributed by atoms with Crippen molar-refractivity contribution in [2.24, 2.45) is 0 Å². The van der Waals surface area contributed by atoms with E-state index in [1.54, 1.807) is 23.1 Å². The summed E-state index contributed by atoms with van der Waals surface area (Å²) in [5.74, 6) is -0.106. The molecular formula is C20H20Cl2N2O2. The number of likely N-dealkylation sites (tertiary alicyclic amines) is 1. The molecule has 6 heteroatoms. The molecule has 136 valence electrons. The predicted molar refractivity (Wildman–Crippen MR) is 104 cm³/mol. The summed E-state index contributed by atoms with van der Waals surface area (Å²) in [6, 6.07) is 14.6. The van der Waals surface area contributed by atoms with Crippen molar-refractivity contribution in [1.82, 2.24) is 10.2 Å². The van der Waals surface area contributed by atoms with Gasteiger partial charge < -0.3 is 10.2 Å². The number of nitrogens with zero attached hydrogens (tertiary/aromatic N) is 1. The van der Waals surface area contributed by atoms with Crippen LogP contribution >= 0.6 is 23.2 Å². The van der Waals surface area contributed by atoms with Crippen molar-refractivity contribution in [3.63, 3.8) is 0 Å². The zero-order valence-electron chi connectivity index (χ0n) is 14.3. The molecule has 26 heavy (non-hydrogen) atoms. The molecule has 1 aliphatic heterocycles. The van der Waals surface area contributed by atoms with Crippen LogP contribution in [0.5, 0.6) is 0 Å². The van der Waals surface area contributed by atoms with Crippen LogP contribution in [-0.2, 0) is 11.2 Å².